The molecule has 3 fully saturated rings. The Morgan fingerprint density at radius 3 is 2.16 bits per heavy atom. The summed E-state index contributed by atoms with van der Waals surface area (Å²) in [6.45, 7) is 2.91. The summed E-state index contributed by atoms with van der Waals surface area (Å²) in [5.41, 5.74) is 6.03. The smallest absolute Gasteiger partial charge is 0.407 e. The van der Waals surface area contributed by atoms with Gasteiger partial charge in [0.15, 0.2) is 0 Å². The van der Waals surface area contributed by atoms with Crippen LogP contribution < -0.4 is 16.0 Å². The van der Waals surface area contributed by atoms with Gasteiger partial charge in [-0.15, -0.1) is 11.8 Å². The summed E-state index contributed by atoms with van der Waals surface area (Å²) in [5.74, 6) is 2.52. The van der Waals surface area contributed by atoms with Crippen molar-refractivity contribution in [3.63, 3.8) is 0 Å². The van der Waals surface area contributed by atoms with E-state index in [-0.39, 0.29) is 35.1 Å². The minimum absolute atomic E-state index is 0.0444. The van der Waals surface area contributed by atoms with Gasteiger partial charge in [0.2, 0.25) is 11.8 Å². The highest BCUT2D eigenvalue weighted by atomic mass is 32.2. The second-order valence-corrected chi connectivity index (χ2v) is 16.1. The Balaban J connectivity index is 0.915. The highest BCUT2D eigenvalue weighted by Gasteiger charge is 2.52. The lowest BCUT2D eigenvalue weighted by atomic mass is 9.78. The van der Waals surface area contributed by atoms with Crippen LogP contribution in [-0.4, -0.2) is 87.6 Å². The van der Waals surface area contributed by atoms with Gasteiger partial charge in [0.25, 0.3) is 0 Å². The Morgan fingerprint density at radius 1 is 0.891 bits per heavy atom. The molecule has 288 valence electrons. The number of methoxy groups -OCH3 is 2. The molecule has 3 amide bonds. The van der Waals surface area contributed by atoms with Crippen molar-refractivity contribution < 1.29 is 23.9 Å². The van der Waals surface area contributed by atoms with Gasteiger partial charge in [-0.25, -0.2) is 14.8 Å². The van der Waals surface area contributed by atoms with Crippen LogP contribution in [0.3, 0.4) is 0 Å². The van der Waals surface area contributed by atoms with Crippen LogP contribution in [0.2, 0.25) is 0 Å². The van der Waals surface area contributed by atoms with Gasteiger partial charge in [-0.3, -0.25) is 9.59 Å². The van der Waals surface area contributed by atoms with E-state index in [0.717, 1.165) is 71.6 Å². The number of carbonyl (C=O) groups is 3. The predicted octanol–water partition coefficient (Wildman–Crippen LogP) is 5.94. The molecule has 0 spiro atoms. The zero-order chi connectivity index (χ0) is 38.1. The number of hydrogen-bond donors (Lipinski definition) is 5. The number of amides is 3. The van der Waals surface area contributed by atoms with Crippen molar-refractivity contribution >= 4 is 29.7 Å². The molecule has 0 radical (unpaired) electrons. The highest BCUT2D eigenvalue weighted by molar-refractivity contribution is 8.02. The number of H-pyrrole nitrogens is 2. The largest absolute Gasteiger partial charge is 0.453 e. The Morgan fingerprint density at radius 2 is 1.53 bits per heavy atom. The number of benzene rings is 2. The highest BCUT2D eigenvalue weighted by Crippen LogP contribution is 2.56. The first-order chi connectivity index (χ1) is 26.8. The van der Waals surface area contributed by atoms with Crippen LogP contribution in [0.4, 0.5) is 4.79 Å². The van der Waals surface area contributed by atoms with Gasteiger partial charge in [-0.1, -0.05) is 48.5 Å². The van der Waals surface area contributed by atoms with Crippen LogP contribution in [0.5, 0.6) is 0 Å². The van der Waals surface area contributed by atoms with E-state index in [2.05, 4.69) is 79.4 Å². The Hall–Kier alpha value is -5.08. The van der Waals surface area contributed by atoms with Gasteiger partial charge in [0, 0.05) is 32.3 Å². The minimum Gasteiger partial charge on any atom is -0.453 e. The maximum absolute atomic E-state index is 13.6. The van der Waals surface area contributed by atoms with Crippen LogP contribution in [0.15, 0.2) is 72.5 Å². The van der Waals surface area contributed by atoms with Crippen LogP contribution in [0.1, 0.15) is 62.6 Å². The van der Waals surface area contributed by atoms with Crippen molar-refractivity contribution in [3.8, 4) is 33.6 Å². The number of fused-ring (bicyclic) bond motifs is 2. The normalized spacial score (nSPS) is 25.1. The lowest BCUT2D eigenvalue weighted by Crippen LogP contribution is -2.54. The Kier molecular flexibility index (Phi) is 10.7. The molecule has 4 aliphatic rings. The number of ether oxygens (including phenoxy) is 2. The summed E-state index contributed by atoms with van der Waals surface area (Å²) < 4.78 is 10.2. The lowest BCUT2D eigenvalue weighted by molar-refractivity contribution is -0.137. The number of alkyl carbamates (subject to hydrolysis) is 1. The Labute approximate surface area is 324 Å². The average Bonchev–Trinajstić information content (AvgIpc) is 4.08. The van der Waals surface area contributed by atoms with E-state index in [1.165, 1.54) is 14.2 Å². The molecule has 13 nitrogen and oxygen atoms in total. The molecular formula is C41H48N8O5S. The van der Waals surface area contributed by atoms with E-state index in [9.17, 15) is 14.4 Å². The molecule has 2 aromatic carbocycles. The molecule has 2 aliphatic heterocycles. The molecule has 4 aromatic rings. The number of nitrogens with one attached hydrogen (secondary N) is 5. The fourth-order valence-electron chi connectivity index (χ4n) is 8.99. The van der Waals surface area contributed by atoms with E-state index >= 15 is 0 Å². The third-order valence-corrected chi connectivity index (χ3v) is 12.8. The van der Waals surface area contributed by atoms with E-state index < -0.39 is 18.2 Å². The first-order valence-corrected chi connectivity index (χ1v) is 20.1. The molecule has 1 saturated heterocycles. The molecule has 14 heteroatoms. The monoisotopic (exact) mass is 764 g/mol. The van der Waals surface area contributed by atoms with E-state index in [1.54, 1.807) is 29.8 Å². The Bertz CT molecular complexity index is 2020. The molecule has 2 saturated carbocycles. The lowest BCUT2D eigenvalue weighted by Gasteiger charge is -2.30. The maximum Gasteiger partial charge on any atom is 0.407 e. The molecule has 55 heavy (non-hydrogen) atoms. The van der Waals surface area contributed by atoms with Gasteiger partial charge in [-0.2, -0.15) is 0 Å². The summed E-state index contributed by atoms with van der Waals surface area (Å²) in [5, 5.41) is 11.3. The summed E-state index contributed by atoms with van der Waals surface area (Å²) >= 11 is 1.70. The molecule has 2 aromatic heterocycles. The zero-order valence-electron chi connectivity index (χ0n) is 31.3. The third kappa shape index (κ3) is 7.49. The average molecular weight is 765 g/mol. The van der Waals surface area contributed by atoms with Gasteiger partial charge in [-0.05, 0) is 78.5 Å². The van der Waals surface area contributed by atoms with Crippen molar-refractivity contribution in [2.45, 2.75) is 68.5 Å². The predicted molar refractivity (Wildman–Crippen MR) is 210 cm³/mol. The summed E-state index contributed by atoms with van der Waals surface area (Å²) in [6, 6.07) is 15.7. The molecule has 2 bridgehead atoms. The van der Waals surface area contributed by atoms with Crippen LogP contribution >= 0.6 is 11.8 Å². The number of carbonyl (C=O) groups excluding carboxylic acids is 3. The maximum atomic E-state index is 13.6. The molecular weight excluding hydrogens is 717 g/mol. The number of nitrogens with zero attached hydrogens (tertiary/aromatic N) is 3. The standard InChI is InChI=1S/C41H48N8O5S/c1-23(53-2)36(48-41(52)54-3)40(51)49-17-4-5-32(49)37-43-20-30(46-37)26-10-6-24(7-11-26)25-8-12-27(13-9-25)31-21-44-38(47-31)34-28-14-15-29(19-28)35(34)39(50)45-22-33-42-16-18-55-33/h6-13,16,18,20-21,23,28-29,32-36,42H,4-5,14-15,17,19,22H2,1-3H3,(H,43,46)(H,44,47)(H,45,50)(H,48,52)/t23-,28?,29?,32+,33?,34?,35+,36+/m1/s1. The molecule has 2 aliphatic carbocycles. The van der Waals surface area contributed by atoms with E-state index in [4.69, 9.17) is 14.5 Å². The van der Waals surface area contributed by atoms with Crippen molar-refractivity contribution in [3.05, 3.63) is 84.2 Å². The molecule has 4 heterocycles. The molecule has 4 unspecified atom stereocenters. The number of likely N-dealkylation sites (tertiary alicyclic amines) is 1. The van der Waals surface area contributed by atoms with Crippen molar-refractivity contribution in [1.82, 2.24) is 40.8 Å². The van der Waals surface area contributed by atoms with Crippen molar-refractivity contribution in [1.29, 1.82) is 0 Å². The van der Waals surface area contributed by atoms with Crippen molar-refractivity contribution in [2.24, 2.45) is 17.8 Å². The first kappa shape index (κ1) is 36.9. The fourth-order valence-corrected chi connectivity index (χ4v) is 9.67. The SMILES string of the molecule is COC(=O)N[C@H](C(=O)N1CCC[C@H]1c1ncc(-c2ccc(-c3ccc(-c4cnc(C5C6CCC(C6)[C@@H]5C(=O)NCC5NC=CS5)[nH]4)cc3)cc2)[nH]1)[C@@H](C)OC. The summed E-state index contributed by atoms with van der Waals surface area (Å²) in [4.78, 5) is 57.4. The van der Waals surface area contributed by atoms with Gasteiger partial charge in [0.1, 0.15) is 17.7 Å². The summed E-state index contributed by atoms with van der Waals surface area (Å²) in [6.07, 6.45) is 9.36. The second-order valence-electron chi connectivity index (χ2n) is 15.0. The number of rotatable bonds is 12. The summed E-state index contributed by atoms with van der Waals surface area (Å²) in [7, 11) is 2.77. The number of hydrogen-bond acceptors (Lipinski definition) is 9. The van der Waals surface area contributed by atoms with Crippen molar-refractivity contribution in [2.75, 3.05) is 27.3 Å². The topological polar surface area (TPSA) is 166 Å². The van der Waals surface area contributed by atoms with Gasteiger partial charge in [0.05, 0.1) is 54.3 Å². The zero-order valence-corrected chi connectivity index (χ0v) is 32.1. The number of imidazole rings is 2. The minimum atomic E-state index is -0.882. The number of aromatic nitrogens is 4. The van der Waals surface area contributed by atoms with Crippen LogP contribution in [0.25, 0.3) is 33.6 Å². The quantitative estimate of drug-likeness (QED) is 0.117. The number of aromatic amines is 2. The number of thioether (sulfide) groups is 1. The van der Waals surface area contributed by atoms with Gasteiger partial charge < -0.3 is 40.3 Å². The molecule has 8 rings (SSSR count). The fraction of sp³-hybridized carbons (Fsp3) is 0.439. The van der Waals surface area contributed by atoms with Gasteiger partial charge >= 0.3 is 6.09 Å². The molecule has 8 atom stereocenters. The second kappa shape index (κ2) is 16.0. The van der Waals surface area contributed by atoms with E-state index in [0.29, 0.717) is 30.7 Å². The third-order valence-electron chi connectivity index (χ3n) is 11.9. The van der Waals surface area contributed by atoms with E-state index in [1.807, 2.05) is 17.8 Å². The molecule has 5 N–H and O–H groups in total. The van der Waals surface area contributed by atoms with Crippen LogP contribution in [-0.2, 0) is 19.1 Å². The first-order valence-electron chi connectivity index (χ1n) is 19.1. The van der Waals surface area contributed by atoms with Crippen LogP contribution in [0, 0.1) is 17.8 Å².